The number of benzene rings is 1. The molecule has 3 N–H and O–H groups in total. The minimum absolute atomic E-state index is 0.125. The molecule has 0 aliphatic carbocycles. The second kappa shape index (κ2) is 5.85. The number of hydrogen-bond acceptors (Lipinski definition) is 3. The number of hydrogen-bond donors (Lipinski definition) is 3. The topological polar surface area (TPSA) is 73.6 Å². The third kappa shape index (κ3) is 2.71. The van der Waals surface area contributed by atoms with Gasteiger partial charge >= 0.3 is 0 Å². The van der Waals surface area contributed by atoms with Gasteiger partial charge in [0.05, 0.1) is 6.33 Å². The van der Waals surface area contributed by atoms with Gasteiger partial charge in [-0.25, -0.2) is 4.98 Å². The quantitative estimate of drug-likeness (QED) is 0.696. The molecule has 5 heteroatoms. The van der Waals surface area contributed by atoms with Crippen molar-refractivity contribution in [3.63, 3.8) is 0 Å². The van der Waals surface area contributed by atoms with Crippen molar-refractivity contribution in [2.75, 3.05) is 0 Å². The third-order valence-corrected chi connectivity index (χ3v) is 4.38. The Labute approximate surface area is 133 Å². The van der Waals surface area contributed by atoms with Gasteiger partial charge in [-0.05, 0) is 18.4 Å². The lowest BCUT2D eigenvalue weighted by molar-refractivity contribution is 0.617. The summed E-state index contributed by atoms with van der Waals surface area (Å²) in [6.45, 7) is 0. The molecule has 5 nitrogen and oxygen atoms in total. The maximum Gasteiger partial charge on any atom is 0.275 e. The van der Waals surface area contributed by atoms with Crippen LogP contribution < -0.4 is 10.9 Å². The lowest BCUT2D eigenvalue weighted by Gasteiger charge is -2.10. The van der Waals surface area contributed by atoms with E-state index in [9.17, 15) is 4.79 Å². The first kappa shape index (κ1) is 14.0. The molecule has 1 aromatic carbocycles. The van der Waals surface area contributed by atoms with Crippen LogP contribution in [0.25, 0.3) is 17.1 Å². The Hall–Kier alpha value is -2.66. The molecule has 4 rings (SSSR count). The molecule has 3 heterocycles. The average molecular weight is 306 g/mol. The Morgan fingerprint density at radius 1 is 1.13 bits per heavy atom. The summed E-state index contributed by atoms with van der Waals surface area (Å²) in [6.07, 6.45) is 9.83. The lowest BCUT2D eigenvalue weighted by atomic mass is 10.1. The van der Waals surface area contributed by atoms with Crippen molar-refractivity contribution in [2.45, 2.75) is 24.9 Å². The van der Waals surface area contributed by atoms with Crippen molar-refractivity contribution in [3.8, 4) is 0 Å². The zero-order valence-corrected chi connectivity index (χ0v) is 12.6. The normalized spacial score (nSPS) is 21.4. The number of fused-ring (bicyclic) bond motifs is 1. The summed E-state index contributed by atoms with van der Waals surface area (Å²) >= 11 is 0. The summed E-state index contributed by atoms with van der Waals surface area (Å²) < 4.78 is 0. The van der Waals surface area contributed by atoms with Gasteiger partial charge in [0.15, 0.2) is 0 Å². The summed E-state index contributed by atoms with van der Waals surface area (Å²) in [5.41, 5.74) is 3.46. The Morgan fingerprint density at radius 2 is 2.00 bits per heavy atom. The van der Waals surface area contributed by atoms with Gasteiger partial charge in [-0.2, -0.15) is 0 Å². The molecule has 0 spiro atoms. The molecule has 0 amide bonds. The van der Waals surface area contributed by atoms with Crippen LogP contribution in [0.3, 0.4) is 0 Å². The molecule has 116 valence electrons. The maximum absolute atomic E-state index is 11.8. The van der Waals surface area contributed by atoms with Crippen molar-refractivity contribution in [3.05, 3.63) is 70.4 Å². The molecular weight excluding hydrogens is 288 g/mol. The first-order chi connectivity index (χ1) is 11.3. The summed E-state index contributed by atoms with van der Waals surface area (Å²) in [5.74, 6) is 0. The molecule has 0 saturated carbocycles. The molecule has 2 aromatic heterocycles. The zero-order valence-electron chi connectivity index (χ0n) is 12.6. The largest absolute Gasteiger partial charge is 0.355 e. The van der Waals surface area contributed by atoms with E-state index in [1.807, 2.05) is 24.4 Å². The van der Waals surface area contributed by atoms with Crippen LogP contribution in [0.1, 0.15) is 30.0 Å². The van der Waals surface area contributed by atoms with Crippen LogP contribution in [-0.4, -0.2) is 21.0 Å². The van der Waals surface area contributed by atoms with Crippen molar-refractivity contribution < 1.29 is 0 Å². The summed E-state index contributed by atoms with van der Waals surface area (Å²) in [4.78, 5) is 21.7. The molecule has 1 fully saturated rings. The highest BCUT2D eigenvalue weighted by molar-refractivity contribution is 5.78. The van der Waals surface area contributed by atoms with Crippen molar-refractivity contribution >= 4 is 17.1 Å². The summed E-state index contributed by atoms with van der Waals surface area (Å²) in [7, 11) is 0. The number of nitrogens with one attached hydrogen (secondary N) is 3. The van der Waals surface area contributed by atoms with Gasteiger partial charge in [-0.15, -0.1) is 0 Å². The second-order valence-corrected chi connectivity index (χ2v) is 5.87. The van der Waals surface area contributed by atoms with Gasteiger partial charge in [0.2, 0.25) is 0 Å². The molecular formula is C18H18N4O. The highest BCUT2D eigenvalue weighted by Crippen LogP contribution is 2.30. The predicted octanol–water partition coefficient (Wildman–Crippen LogP) is 2.76. The number of nitrogens with zero attached hydrogens (tertiary/aromatic N) is 1. The van der Waals surface area contributed by atoms with Crippen LogP contribution in [0.5, 0.6) is 0 Å². The Morgan fingerprint density at radius 3 is 2.87 bits per heavy atom. The first-order valence-corrected chi connectivity index (χ1v) is 7.85. The maximum atomic E-state index is 11.8. The van der Waals surface area contributed by atoms with E-state index in [1.54, 1.807) is 0 Å². The molecule has 2 atom stereocenters. The SMILES string of the molecule is O=c1[nH]cnc2c([C@H]3CC[C@@H](/C=C\c4ccccc4)N3)c[nH]c12. The number of H-pyrrole nitrogens is 2. The fraction of sp³-hybridized carbons (Fsp3) is 0.222. The fourth-order valence-corrected chi connectivity index (χ4v) is 3.20. The molecule has 23 heavy (non-hydrogen) atoms. The lowest BCUT2D eigenvalue weighted by Crippen LogP contribution is -2.22. The Bertz CT molecular complexity index is 894. The van der Waals surface area contributed by atoms with Gasteiger partial charge in [0.1, 0.15) is 11.0 Å². The summed E-state index contributed by atoms with van der Waals surface area (Å²) in [6, 6.07) is 10.9. The average Bonchev–Trinajstić information content (AvgIpc) is 3.21. The molecule has 1 aliphatic heterocycles. The second-order valence-electron chi connectivity index (χ2n) is 5.87. The van der Waals surface area contributed by atoms with E-state index >= 15 is 0 Å². The number of aromatic amines is 2. The Balaban J connectivity index is 1.53. The summed E-state index contributed by atoms with van der Waals surface area (Å²) in [5, 5.41) is 3.62. The molecule has 1 aliphatic rings. The molecule has 0 radical (unpaired) electrons. The molecule has 3 aromatic rings. The number of rotatable bonds is 3. The van der Waals surface area contributed by atoms with E-state index in [4.69, 9.17) is 0 Å². The van der Waals surface area contributed by atoms with Crippen LogP contribution in [-0.2, 0) is 0 Å². The highest BCUT2D eigenvalue weighted by atomic mass is 16.1. The van der Waals surface area contributed by atoms with Crippen LogP contribution >= 0.6 is 0 Å². The third-order valence-electron chi connectivity index (χ3n) is 4.38. The van der Waals surface area contributed by atoms with Gasteiger partial charge in [-0.3, -0.25) is 4.79 Å². The minimum atomic E-state index is -0.125. The van der Waals surface area contributed by atoms with Crippen molar-refractivity contribution in [1.29, 1.82) is 0 Å². The fourth-order valence-electron chi connectivity index (χ4n) is 3.20. The van der Waals surface area contributed by atoms with Crippen LogP contribution in [0.4, 0.5) is 0 Å². The van der Waals surface area contributed by atoms with Crippen LogP contribution in [0.15, 0.2) is 53.7 Å². The van der Waals surface area contributed by atoms with Crippen LogP contribution in [0, 0.1) is 0 Å². The van der Waals surface area contributed by atoms with Gasteiger partial charge in [0.25, 0.3) is 5.56 Å². The molecule has 0 unspecified atom stereocenters. The first-order valence-electron chi connectivity index (χ1n) is 7.85. The molecule has 1 saturated heterocycles. The highest BCUT2D eigenvalue weighted by Gasteiger charge is 2.26. The zero-order chi connectivity index (χ0) is 15.6. The van der Waals surface area contributed by atoms with E-state index in [0.717, 1.165) is 23.9 Å². The van der Waals surface area contributed by atoms with E-state index in [0.29, 0.717) is 11.6 Å². The van der Waals surface area contributed by atoms with Crippen molar-refractivity contribution in [2.24, 2.45) is 0 Å². The van der Waals surface area contributed by atoms with E-state index < -0.39 is 0 Å². The predicted molar refractivity (Wildman–Crippen MR) is 91.1 cm³/mol. The van der Waals surface area contributed by atoms with Gasteiger partial charge in [0, 0.05) is 23.8 Å². The standard InChI is InChI=1S/C18H18N4O/c23-18-17-16(20-11-21-18)14(10-19-17)15-9-8-13(22-15)7-6-12-4-2-1-3-5-12/h1-7,10-11,13,15,19,22H,8-9H2,(H,20,21,23)/b7-6-/t13-,15-/m1/s1. The van der Waals surface area contributed by atoms with Gasteiger partial charge in [-0.1, -0.05) is 42.5 Å². The van der Waals surface area contributed by atoms with Gasteiger partial charge < -0.3 is 15.3 Å². The molecule has 0 bridgehead atoms. The Kier molecular flexibility index (Phi) is 3.55. The van der Waals surface area contributed by atoms with Crippen LogP contribution in [0.2, 0.25) is 0 Å². The van der Waals surface area contributed by atoms with Crippen molar-refractivity contribution in [1.82, 2.24) is 20.3 Å². The van der Waals surface area contributed by atoms with E-state index in [-0.39, 0.29) is 11.6 Å². The smallest absolute Gasteiger partial charge is 0.275 e. The monoisotopic (exact) mass is 306 g/mol. The van der Waals surface area contributed by atoms with E-state index in [2.05, 4.69) is 44.6 Å². The minimum Gasteiger partial charge on any atom is -0.355 e. The number of aromatic nitrogens is 3. The van der Waals surface area contributed by atoms with E-state index in [1.165, 1.54) is 11.9 Å².